The fourth-order valence-electron chi connectivity index (χ4n) is 3.32. The molecular weight excluding hydrogens is 288 g/mol. The second-order valence-corrected chi connectivity index (χ2v) is 7.35. The number of nitrogens with two attached hydrogens (primary N) is 1. The number of imidazole rings is 1. The van der Waals surface area contributed by atoms with Gasteiger partial charge in [0.25, 0.3) is 0 Å². The predicted molar refractivity (Wildman–Crippen MR) is 92.1 cm³/mol. The molecule has 5 nitrogen and oxygen atoms in total. The Labute approximate surface area is 137 Å². The molecule has 1 saturated heterocycles. The van der Waals surface area contributed by atoms with E-state index in [0.29, 0.717) is 12.8 Å². The van der Waals surface area contributed by atoms with Gasteiger partial charge in [-0.15, -0.1) is 0 Å². The molecule has 2 aromatic rings. The smallest absolute Gasteiger partial charge is 0.223 e. The lowest BCUT2D eigenvalue weighted by Crippen LogP contribution is -2.54. The number of hydrogen-bond donors (Lipinski definition) is 2. The third-order valence-electron chi connectivity index (χ3n) is 5.00. The molecule has 0 radical (unpaired) electrons. The zero-order chi connectivity index (χ0) is 16.6. The van der Waals surface area contributed by atoms with Crippen molar-refractivity contribution in [3.05, 3.63) is 29.6 Å². The van der Waals surface area contributed by atoms with Crippen LogP contribution in [0, 0.1) is 12.3 Å². The lowest BCUT2D eigenvalue weighted by atomic mass is 9.79. The minimum Gasteiger partial charge on any atom is -0.342 e. The van der Waals surface area contributed by atoms with Gasteiger partial charge in [-0.2, -0.15) is 0 Å². The predicted octanol–water partition coefficient (Wildman–Crippen LogP) is 2.39. The fourth-order valence-corrected chi connectivity index (χ4v) is 3.32. The van der Waals surface area contributed by atoms with E-state index in [1.54, 1.807) is 0 Å². The van der Waals surface area contributed by atoms with Crippen LogP contribution in [0.2, 0.25) is 0 Å². The monoisotopic (exact) mass is 314 g/mol. The summed E-state index contributed by atoms with van der Waals surface area (Å²) < 4.78 is 0. The van der Waals surface area contributed by atoms with Crippen LogP contribution in [0.15, 0.2) is 18.2 Å². The van der Waals surface area contributed by atoms with Crippen LogP contribution in [0.25, 0.3) is 11.0 Å². The van der Waals surface area contributed by atoms with Gasteiger partial charge in [-0.05, 0) is 30.4 Å². The highest BCUT2D eigenvalue weighted by atomic mass is 16.2. The van der Waals surface area contributed by atoms with Gasteiger partial charge in [-0.1, -0.05) is 26.0 Å². The number of carbonyl (C=O) groups is 1. The molecule has 124 valence electrons. The lowest BCUT2D eigenvalue weighted by molar-refractivity contribution is -0.134. The molecule has 0 aliphatic carbocycles. The van der Waals surface area contributed by atoms with Crippen molar-refractivity contribution in [1.82, 2.24) is 14.9 Å². The first-order valence-electron chi connectivity index (χ1n) is 8.34. The highest BCUT2D eigenvalue weighted by Crippen LogP contribution is 2.28. The average Bonchev–Trinajstić information content (AvgIpc) is 2.92. The molecule has 3 rings (SSSR count). The number of likely N-dealkylation sites (tertiary alicyclic amines) is 1. The van der Waals surface area contributed by atoms with Crippen molar-refractivity contribution in [2.24, 2.45) is 11.1 Å². The SMILES string of the molecule is Cc1cccc2[nH]c(CCC(=O)N3CCC(N)C(C)(C)C3)nc12. The number of amides is 1. The summed E-state index contributed by atoms with van der Waals surface area (Å²) in [7, 11) is 0. The van der Waals surface area contributed by atoms with Gasteiger partial charge in [-0.3, -0.25) is 4.79 Å². The summed E-state index contributed by atoms with van der Waals surface area (Å²) in [5, 5.41) is 0. The van der Waals surface area contributed by atoms with E-state index in [0.717, 1.165) is 41.9 Å². The zero-order valence-electron chi connectivity index (χ0n) is 14.2. The Morgan fingerprint density at radius 3 is 2.96 bits per heavy atom. The lowest BCUT2D eigenvalue weighted by Gasteiger charge is -2.42. The van der Waals surface area contributed by atoms with Crippen molar-refractivity contribution >= 4 is 16.9 Å². The molecule has 2 heterocycles. The zero-order valence-corrected chi connectivity index (χ0v) is 14.2. The van der Waals surface area contributed by atoms with Crippen LogP contribution in [-0.2, 0) is 11.2 Å². The molecule has 1 amide bonds. The summed E-state index contributed by atoms with van der Waals surface area (Å²) >= 11 is 0. The molecule has 1 atom stereocenters. The van der Waals surface area contributed by atoms with E-state index in [9.17, 15) is 4.79 Å². The van der Waals surface area contributed by atoms with Gasteiger partial charge in [0.2, 0.25) is 5.91 Å². The first-order valence-corrected chi connectivity index (χ1v) is 8.34. The summed E-state index contributed by atoms with van der Waals surface area (Å²) in [5.74, 6) is 1.08. The van der Waals surface area contributed by atoms with Crippen LogP contribution in [0.3, 0.4) is 0 Å². The van der Waals surface area contributed by atoms with Crippen LogP contribution in [-0.4, -0.2) is 39.9 Å². The third kappa shape index (κ3) is 3.24. The maximum atomic E-state index is 12.5. The quantitative estimate of drug-likeness (QED) is 0.913. The molecular formula is C18H26N4O. The Bertz CT molecular complexity index is 719. The molecule has 0 bridgehead atoms. The van der Waals surface area contributed by atoms with Gasteiger partial charge in [0.1, 0.15) is 5.82 Å². The van der Waals surface area contributed by atoms with Crippen LogP contribution in [0.1, 0.15) is 38.1 Å². The van der Waals surface area contributed by atoms with E-state index < -0.39 is 0 Å². The number of rotatable bonds is 3. The maximum Gasteiger partial charge on any atom is 0.223 e. The Balaban J connectivity index is 1.63. The van der Waals surface area contributed by atoms with Gasteiger partial charge >= 0.3 is 0 Å². The molecule has 1 aromatic heterocycles. The Kier molecular flexibility index (Phi) is 4.15. The largest absolute Gasteiger partial charge is 0.342 e. The summed E-state index contributed by atoms with van der Waals surface area (Å²) in [6, 6.07) is 6.26. The van der Waals surface area contributed by atoms with Gasteiger partial charge in [0, 0.05) is 32.0 Å². The van der Waals surface area contributed by atoms with Crippen molar-refractivity contribution in [2.75, 3.05) is 13.1 Å². The topological polar surface area (TPSA) is 75.0 Å². The molecule has 23 heavy (non-hydrogen) atoms. The molecule has 1 fully saturated rings. The standard InChI is InChI=1S/C18H26N4O/c1-12-5-4-6-13-17(12)21-15(20-13)7-8-16(23)22-10-9-14(19)18(2,3)11-22/h4-6,14H,7-11,19H2,1-3H3,(H,20,21). The number of carbonyl (C=O) groups excluding carboxylic acids is 1. The number of para-hydroxylation sites is 1. The van der Waals surface area contributed by atoms with Crippen molar-refractivity contribution in [2.45, 2.75) is 46.1 Å². The van der Waals surface area contributed by atoms with Gasteiger partial charge in [0.15, 0.2) is 0 Å². The average molecular weight is 314 g/mol. The minimum absolute atomic E-state index is 0.00954. The van der Waals surface area contributed by atoms with Crippen molar-refractivity contribution in [3.63, 3.8) is 0 Å². The van der Waals surface area contributed by atoms with Crippen LogP contribution >= 0.6 is 0 Å². The third-order valence-corrected chi connectivity index (χ3v) is 5.00. The van der Waals surface area contributed by atoms with E-state index in [-0.39, 0.29) is 17.4 Å². The Hall–Kier alpha value is -1.88. The highest BCUT2D eigenvalue weighted by Gasteiger charge is 2.35. The first-order chi connectivity index (χ1) is 10.9. The van der Waals surface area contributed by atoms with E-state index in [4.69, 9.17) is 5.73 Å². The van der Waals surface area contributed by atoms with E-state index in [1.807, 2.05) is 17.0 Å². The first kappa shape index (κ1) is 16.0. The number of hydrogen-bond acceptors (Lipinski definition) is 3. The van der Waals surface area contributed by atoms with E-state index in [1.165, 1.54) is 0 Å². The van der Waals surface area contributed by atoms with Crippen molar-refractivity contribution in [3.8, 4) is 0 Å². The van der Waals surface area contributed by atoms with Crippen LogP contribution in [0.5, 0.6) is 0 Å². The van der Waals surface area contributed by atoms with Crippen LogP contribution < -0.4 is 5.73 Å². The molecule has 1 aromatic carbocycles. The second kappa shape index (κ2) is 5.96. The number of fused-ring (bicyclic) bond motifs is 1. The molecule has 1 aliphatic rings. The van der Waals surface area contributed by atoms with Crippen molar-refractivity contribution < 1.29 is 4.79 Å². The molecule has 1 unspecified atom stereocenters. The molecule has 0 saturated carbocycles. The fraction of sp³-hybridized carbons (Fsp3) is 0.556. The number of H-pyrrole nitrogens is 1. The number of aryl methyl sites for hydroxylation is 2. The summed E-state index contributed by atoms with van der Waals surface area (Å²) in [6.45, 7) is 7.84. The number of nitrogens with zero attached hydrogens (tertiary/aromatic N) is 2. The molecule has 5 heteroatoms. The minimum atomic E-state index is -0.00954. The molecule has 1 aliphatic heterocycles. The van der Waals surface area contributed by atoms with E-state index in [2.05, 4.69) is 36.8 Å². The maximum absolute atomic E-state index is 12.5. The molecule has 3 N–H and O–H groups in total. The molecule has 0 spiro atoms. The summed E-state index contributed by atoms with van der Waals surface area (Å²) in [6.07, 6.45) is 2.02. The number of benzene rings is 1. The Morgan fingerprint density at radius 1 is 1.48 bits per heavy atom. The normalized spacial score (nSPS) is 20.9. The van der Waals surface area contributed by atoms with E-state index >= 15 is 0 Å². The Morgan fingerprint density at radius 2 is 2.26 bits per heavy atom. The van der Waals surface area contributed by atoms with Gasteiger partial charge in [0.05, 0.1) is 11.0 Å². The number of nitrogens with one attached hydrogen (secondary N) is 1. The number of aromatic amines is 1. The summed E-state index contributed by atoms with van der Waals surface area (Å²) in [4.78, 5) is 22.4. The highest BCUT2D eigenvalue weighted by molar-refractivity contribution is 5.79. The number of aromatic nitrogens is 2. The van der Waals surface area contributed by atoms with Crippen LogP contribution in [0.4, 0.5) is 0 Å². The van der Waals surface area contributed by atoms with Gasteiger partial charge < -0.3 is 15.6 Å². The van der Waals surface area contributed by atoms with Crippen molar-refractivity contribution in [1.29, 1.82) is 0 Å². The number of piperidine rings is 1. The second-order valence-electron chi connectivity index (χ2n) is 7.35. The van der Waals surface area contributed by atoms with Gasteiger partial charge in [-0.25, -0.2) is 4.98 Å². The summed E-state index contributed by atoms with van der Waals surface area (Å²) in [5.41, 5.74) is 9.33.